The van der Waals surface area contributed by atoms with Crippen LogP contribution in [0.1, 0.15) is 91.2 Å². The molecule has 0 unspecified atom stereocenters. The third-order valence-corrected chi connectivity index (χ3v) is 16.4. The molecule has 4 bridgehead atoms. The van der Waals surface area contributed by atoms with Gasteiger partial charge in [-0.25, -0.2) is 0 Å². The van der Waals surface area contributed by atoms with Crippen molar-refractivity contribution in [3.63, 3.8) is 0 Å². The van der Waals surface area contributed by atoms with Gasteiger partial charge in [-0.15, -0.1) is 0 Å². The maximum atomic E-state index is 13.3. The highest BCUT2D eigenvalue weighted by Crippen LogP contribution is 2.60. The Morgan fingerprint density at radius 1 is 0.775 bits per heavy atom. The van der Waals surface area contributed by atoms with Gasteiger partial charge in [-0.05, 0) is 105 Å². The quantitative estimate of drug-likeness (QED) is 0.312. The molecule has 2 aromatic carbocycles. The van der Waals surface area contributed by atoms with Crippen LogP contribution >= 0.6 is 0 Å². The summed E-state index contributed by atoms with van der Waals surface area (Å²) in [4.78, 5) is 13.2. The third-order valence-electron chi connectivity index (χ3n) is 9.01. The summed E-state index contributed by atoms with van der Waals surface area (Å²) in [5, 5.41) is 0. The average Bonchev–Trinajstić information content (AvgIpc) is 2.85. The van der Waals surface area contributed by atoms with Gasteiger partial charge in [0.2, 0.25) is 0 Å². The van der Waals surface area contributed by atoms with Gasteiger partial charge >= 0.3 is 36.3 Å². The van der Waals surface area contributed by atoms with E-state index in [9.17, 15) is 13.2 Å². The first-order valence-corrected chi connectivity index (χ1v) is 19.3. The van der Waals surface area contributed by atoms with Gasteiger partial charge in [0.25, 0.3) is 0 Å². The van der Waals surface area contributed by atoms with Crippen LogP contribution in [-0.2, 0) is 33.0 Å². The van der Waals surface area contributed by atoms with Crippen molar-refractivity contribution >= 4 is 16.1 Å². The Kier molecular flexibility index (Phi) is 8.25. The Morgan fingerprint density at radius 2 is 1.18 bits per heavy atom. The molecule has 0 spiro atoms. The number of hydrogen-bond donors (Lipinski definition) is 0. The molecule has 219 valence electrons. The van der Waals surface area contributed by atoms with Crippen LogP contribution in [0.25, 0.3) is 0 Å². The van der Waals surface area contributed by atoms with Crippen LogP contribution in [0.3, 0.4) is 0 Å². The van der Waals surface area contributed by atoms with E-state index in [2.05, 4.69) is 65.8 Å². The van der Waals surface area contributed by atoms with Crippen molar-refractivity contribution in [2.24, 2.45) is 23.2 Å². The maximum absolute atomic E-state index is 13.3. The molecule has 6 rings (SSSR count). The zero-order valence-electron chi connectivity index (χ0n) is 24.8. The second-order valence-electron chi connectivity index (χ2n) is 14.4. The predicted octanol–water partition coefficient (Wildman–Crippen LogP) is 3.97. The molecular weight excluding hydrogens is 635 g/mol. The summed E-state index contributed by atoms with van der Waals surface area (Å²) in [7, 11) is -3.91. The van der Waals surface area contributed by atoms with E-state index in [1.54, 1.807) is 0 Å². The van der Waals surface area contributed by atoms with Crippen LogP contribution in [0.2, 0.25) is 0 Å². The first-order valence-electron chi connectivity index (χ1n) is 14.6. The molecule has 40 heavy (non-hydrogen) atoms. The van der Waals surface area contributed by atoms with Gasteiger partial charge in [0.1, 0.15) is 12.4 Å². The molecule has 0 aliphatic heterocycles. The minimum absolute atomic E-state index is 0.000560. The van der Waals surface area contributed by atoms with E-state index in [-0.39, 0.29) is 34.6 Å². The largest absolute Gasteiger partial charge is 0.464 e. The van der Waals surface area contributed by atoms with E-state index in [4.69, 9.17) is 7.25 Å². The minimum Gasteiger partial charge on any atom is -0.464 e. The monoisotopic (exact) mass is 680 g/mol. The Hall–Kier alpha value is -1.45. The normalized spacial score (nSPS) is 26.3. The van der Waals surface area contributed by atoms with E-state index in [1.165, 1.54) is 30.4 Å². The van der Waals surface area contributed by atoms with Crippen molar-refractivity contribution in [3.8, 4) is 0 Å². The lowest BCUT2D eigenvalue weighted by Crippen LogP contribution is -3.85. The van der Waals surface area contributed by atoms with E-state index in [0.717, 1.165) is 26.4 Å². The molecule has 0 N–H and O–H groups in total. The summed E-state index contributed by atoms with van der Waals surface area (Å²) >= 11 is -2.80. The second kappa shape index (κ2) is 11.0. The van der Waals surface area contributed by atoms with E-state index in [1.807, 2.05) is 24.3 Å². The zero-order chi connectivity index (χ0) is 28.9. The van der Waals surface area contributed by atoms with E-state index < -0.39 is 30.4 Å². The highest BCUT2D eigenvalue weighted by Gasteiger charge is 2.55. The second-order valence-corrected chi connectivity index (χ2v) is 21.1. The fraction of sp³-hybridized carbons (Fsp3) is 0.606. The molecule has 1 radical (unpaired) electrons. The van der Waals surface area contributed by atoms with Gasteiger partial charge in [0.15, 0.2) is 7.14 Å². The smallest absolute Gasteiger partial charge is 0.324 e. The molecule has 0 aromatic heterocycles. The molecule has 0 saturated heterocycles. The van der Waals surface area contributed by atoms with Gasteiger partial charge in [0.05, 0.1) is 5.41 Å². The van der Waals surface area contributed by atoms with Gasteiger partial charge in [-0.1, -0.05) is 65.8 Å². The van der Waals surface area contributed by atoms with Crippen LogP contribution in [0.5, 0.6) is 0 Å². The number of rotatable bonds is 8. The van der Waals surface area contributed by atoms with Crippen molar-refractivity contribution < 1.29 is 40.7 Å². The fourth-order valence-electron chi connectivity index (χ4n) is 7.21. The Morgan fingerprint density at radius 3 is 1.55 bits per heavy atom. The van der Waals surface area contributed by atoms with Crippen molar-refractivity contribution in [1.82, 2.24) is 0 Å². The van der Waals surface area contributed by atoms with Crippen molar-refractivity contribution in [2.75, 3.05) is 12.4 Å². The van der Waals surface area contributed by atoms with Crippen LogP contribution in [-0.4, -0.2) is 26.7 Å². The highest BCUT2D eigenvalue weighted by molar-refractivity contribution is 7.86. The van der Waals surface area contributed by atoms with Crippen molar-refractivity contribution in [1.29, 1.82) is 0 Å². The molecule has 0 amide bonds. The molecule has 7 heteroatoms. The highest BCUT2D eigenvalue weighted by atomic mass is 127. The summed E-state index contributed by atoms with van der Waals surface area (Å²) in [6, 6.07) is 16.4. The maximum Gasteiger partial charge on any atom is 0.324 e. The number of halogens is 1. The number of ether oxygens (including phenoxy) is 1. The lowest BCUT2D eigenvalue weighted by Gasteiger charge is -2.55. The molecule has 4 saturated carbocycles. The van der Waals surface area contributed by atoms with E-state index in [0.29, 0.717) is 17.8 Å². The molecule has 5 nitrogen and oxygen atoms in total. The molecule has 0 atom stereocenters. The van der Waals surface area contributed by atoms with Crippen LogP contribution in [0, 0.1) is 30.3 Å². The van der Waals surface area contributed by atoms with Crippen molar-refractivity contribution in [3.05, 3.63) is 66.8 Å². The first-order chi connectivity index (χ1) is 18.6. The van der Waals surface area contributed by atoms with Crippen LogP contribution < -0.4 is 20.2 Å². The average molecular weight is 681 g/mol. The fourth-order valence-corrected chi connectivity index (χ4v) is 14.1. The lowest BCUT2D eigenvalue weighted by atomic mass is 9.49. The molecule has 2 aromatic rings. The molecule has 4 fully saturated rings. The standard InChI is InChI=1S/C33H45IO5S/c1-31(2,3)26-7-11-28(12-8-26)34(29-13-9-27(10-14-29)32(4,5)6)39-40(36,37)16-15-38-30(35)33-20-23-17-24(21-33)19-25(18-23)22-33/h7-14,23-25H,15-22H2,1-6H3/q+1. The number of carbonyl (C=O) groups excluding carboxylic acids is 1. The van der Waals surface area contributed by atoms with E-state index >= 15 is 0 Å². The van der Waals surface area contributed by atoms with Gasteiger partial charge in [-0.3, -0.25) is 4.79 Å². The first kappa shape index (κ1) is 30.0. The van der Waals surface area contributed by atoms with Crippen LogP contribution in [0.15, 0.2) is 48.5 Å². The number of carbonyl (C=O) groups is 1. The Balaban J connectivity index is 1.30. The predicted molar refractivity (Wildman–Crippen MR) is 154 cm³/mol. The molecular formula is C33H45IO5S+. The number of benzene rings is 2. The summed E-state index contributed by atoms with van der Waals surface area (Å²) in [6.45, 7) is 12.8. The third kappa shape index (κ3) is 6.62. The summed E-state index contributed by atoms with van der Waals surface area (Å²) in [5.41, 5.74) is 1.99. The topological polar surface area (TPSA) is 69.7 Å². The summed E-state index contributed by atoms with van der Waals surface area (Å²) in [5.74, 6) is 1.39. The summed E-state index contributed by atoms with van der Waals surface area (Å²) < 4.78 is 40.2. The lowest BCUT2D eigenvalue weighted by molar-refractivity contribution is -1.03. The van der Waals surface area contributed by atoms with Gasteiger partial charge in [-0.2, -0.15) is 8.42 Å². The number of hydrogen-bond acceptors (Lipinski definition) is 5. The van der Waals surface area contributed by atoms with Gasteiger partial charge < -0.3 is 4.74 Å². The van der Waals surface area contributed by atoms with Gasteiger partial charge in [0, 0.05) is 0 Å². The molecule has 0 heterocycles. The SMILES string of the molecule is CC(C)(C)c1ccc([I+](OS(=O)(=O)CCOC(=O)C23CC4CC(CC(C4)C2)C3)c2ccc(C(C)(C)C)cc2)cc1. The molecule has 4 aliphatic rings. The summed E-state index contributed by atoms with van der Waals surface area (Å²) in [6.07, 6.45) is 6.46. The minimum atomic E-state index is -3.91. The van der Waals surface area contributed by atoms with Crippen molar-refractivity contribution in [2.45, 2.75) is 90.9 Å². The Bertz CT molecular complexity index is 1220. The molecule has 4 aliphatic carbocycles. The van der Waals surface area contributed by atoms with Crippen LogP contribution in [0.4, 0.5) is 0 Å². The number of esters is 1. The zero-order valence-corrected chi connectivity index (χ0v) is 27.8. The Labute approximate surface area is 248 Å².